The largest absolute Gasteiger partial charge is 0.493 e. The van der Waals surface area contributed by atoms with Gasteiger partial charge in [-0.25, -0.2) is 0 Å². The third-order valence-electron chi connectivity index (χ3n) is 5.54. The van der Waals surface area contributed by atoms with Crippen LogP contribution in [0.1, 0.15) is 24.0 Å². The maximum Gasteiger partial charge on any atom is 0.251 e. The van der Waals surface area contributed by atoms with Crippen LogP contribution in [0.4, 0.5) is 5.69 Å². The van der Waals surface area contributed by atoms with E-state index in [4.69, 9.17) is 14.6 Å². The molecule has 2 atom stereocenters. The van der Waals surface area contributed by atoms with E-state index in [0.29, 0.717) is 11.5 Å². The molecule has 0 bridgehead atoms. The number of ether oxygens (including phenoxy) is 2. The third kappa shape index (κ3) is 3.07. The van der Waals surface area contributed by atoms with Gasteiger partial charge in [0.25, 0.3) is 5.91 Å². The van der Waals surface area contributed by atoms with E-state index < -0.39 is 0 Å². The maximum absolute atomic E-state index is 13.3. The van der Waals surface area contributed by atoms with Crippen molar-refractivity contribution in [2.75, 3.05) is 19.2 Å². The second-order valence-corrected chi connectivity index (χ2v) is 7.15. The van der Waals surface area contributed by atoms with Crippen LogP contribution in [-0.4, -0.2) is 25.8 Å². The van der Waals surface area contributed by atoms with Crippen LogP contribution in [0.25, 0.3) is 0 Å². The summed E-state index contributed by atoms with van der Waals surface area (Å²) in [5.41, 5.74) is 3.72. The van der Waals surface area contributed by atoms with Crippen molar-refractivity contribution in [1.82, 2.24) is 0 Å². The fraction of sp³-hybridized carbons (Fsp3) is 0.304. The van der Waals surface area contributed by atoms with Gasteiger partial charge in [-0.05, 0) is 49.6 Å². The molecular formula is C23H24N2O3. The number of anilines is 1. The normalized spacial score (nSPS) is 21.2. The smallest absolute Gasteiger partial charge is 0.251 e. The first-order chi connectivity index (χ1) is 13.6. The van der Waals surface area contributed by atoms with Crippen molar-refractivity contribution < 1.29 is 14.3 Å². The highest BCUT2D eigenvalue weighted by Gasteiger charge is 2.41. The Morgan fingerprint density at radius 1 is 0.964 bits per heavy atom. The number of hydrazone groups is 1. The van der Waals surface area contributed by atoms with Crippen molar-refractivity contribution in [3.8, 4) is 11.5 Å². The molecule has 2 aromatic carbocycles. The van der Waals surface area contributed by atoms with Gasteiger partial charge in [-0.15, -0.1) is 0 Å². The third-order valence-corrected chi connectivity index (χ3v) is 5.54. The van der Waals surface area contributed by atoms with Crippen LogP contribution >= 0.6 is 0 Å². The highest BCUT2D eigenvalue weighted by Crippen LogP contribution is 2.38. The van der Waals surface area contributed by atoms with Gasteiger partial charge < -0.3 is 9.47 Å². The van der Waals surface area contributed by atoms with Gasteiger partial charge in [-0.1, -0.05) is 30.4 Å². The van der Waals surface area contributed by atoms with Gasteiger partial charge >= 0.3 is 0 Å². The molecule has 144 valence electrons. The number of hydrogen-bond donors (Lipinski definition) is 0. The lowest BCUT2D eigenvalue weighted by molar-refractivity contribution is -0.123. The van der Waals surface area contributed by atoms with Gasteiger partial charge in [0, 0.05) is 11.5 Å². The van der Waals surface area contributed by atoms with Crippen LogP contribution in [0.5, 0.6) is 11.5 Å². The number of amides is 1. The predicted molar refractivity (Wildman–Crippen MR) is 110 cm³/mol. The van der Waals surface area contributed by atoms with Gasteiger partial charge in [0.1, 0.15) is 0 Å². The first-order valence-corrected chi connectivity index (χ1v) is 9.49. The highest BCUT2D eigenvalue weighted by molar-refractivity contribution is 6.11. The number of rotatable bonds is 4. The molecule has 0 saturated carbocycles. The van der Waals surface area contributed by atoms with Gasteiger partial charge in [0.2, 0.25) is 0 Å². The van der Waals surface area contributed by atoms with E-state index >= 15 is 0 Å². The minimum atomic E-state index is -0.106. The van der Waals surface area contributed by atoms with Crippen LogP contribution < -0.4 is 14.5 Å². The molecule has 5 heteroatoms. The van der Waals surface area contributed by atoms with Crippen LogP contribution in [0, 0.1) is 18.8 Å². The molecule has 0 N–H and O–H groups in total. The molecule has 2 aromatic rings. The fourth-order valence-corrected chi connectivity index (χ4v) is 4.02. The minimum Gasteiger partial charge on any atom is -0.493 e. The Morgan fingerprint density at radius 3 is 2.39 bits per heavy atom. The lowest BCUT2D eigenvalue weighted by Crippen LogP contribution is -2.45. The van der Waals surface area contributed by atoms with E-state index in [1.165, 1.54) is 0 Å². The molecule has 0 aromatic heterocycles. The summed E-state index contributed by atoms with van der Waals surface area (Å²) in [7, 11) is 3.25. The molecule has 0 saturated heterocycles. The van der Waals surface area contributed by atoms with Crippen molar-refractivity contribution in [2.24, 2.45) is 16.9 Å². The van der Waals surface area contributed by atoms with E-state index in [1.54, 1.807) is 19.2 Å². The van der Waals surface area contributed by atoms with E-state index in [0.717, 1.165) is 35.4 Å². The summed E-state index contributed by atoms with van der Waals surface area (Å²) in [6.45, 7) is 2.00. The maximum atomic E-state index is 13.3. The number of methoxy groups -OCH3 is 2. The Labute approximate surface area is 165 Å². The van der Waals surface area contributed by atoms with Gasteiger partial charge in [-0.3, -0.25) is 4.79 Å². The average Bonchev–Trinajstić information content (AvgIpc) is 2.74. The zero-order valence-corrected chi connectivity index (χ0v) is 16.4. The SMILES string of the molecule is COc1ccc(C2=NN(c3ccccc3C)C(=O)C3CC=CCC23)cc1OC. The fourth-order valence-electron chi connectivity index (χ4n) is 4.02. The lowest BCUT2D eigenvalue weighted by Gasteiger charge is -2.37. The Morgan fingerprint density at radius 2 is 1.68 bits per heavy atom. The highest BCUT2D eigenvalue weighted by atomic mass is 16.5. The number of allylic oxidation sites excluding steroid dienone is 2. The molecule has 1 amide bonds. The second-order valence-electron chi connectivity index (χ2n) is 7.15. The number of aryl methyl sites for hydroxylation is 1. The Balaban J connectivity index is 1.85. The summed E-state index contributed by atoms with van der Waals surface area (Å²) >= 11 is 0. The first-order valence-electron chi connectivity index (χ1n) is 9.49. The first kappa shape index (κ1) is 18.3. The van der Waals surface area contributed by atoms with E-state index in [9.17, 15) is 4.79 Å². The van der Waals surface area contributed by atoms with E-state index in [1.807, 2.05) is 49.4 Å². The Hall–Kier alpha value is -3.08. The number of nitrogens with zero attached hydrogens (tertiary/aromatic N) is 2. The van der Waals surface area contributed by atoms with Crippen molar-refractivity contribution in [2.45, 2.75) is 19.8 Å². The van der Waals surface area contributed by atoms with Crippen molar-refractivity contribution in [3.05, 3.63) is 65.7 Å². The number of carbonyl (C=O) groups is 1. The Kier molecular flexibility index (Phi) is 4.90. The molecule has 1 heterocycles. The summed E-state index contributed by atoms with van der Waals surface area (Å²) in [5, 5.41) is 6.43. The Bertz CT molecular complexity index is 964. The molecule has 4 rings (SSSR count). The van der Waals surface area contributed by atoms with Crippen molar-refractivity contribution in [1.29, 1.82) is 0 Å². The summed E-state index contributed by atoms with van der Waals surface area (Å²) in [6.07, 6.45) is 5.80. The molecule has 2 aliphatic rings. The van der Waals surface area contributed by atoms with Gasteiger partial charge in [0.15, 0.2) is 11.5 Å². The van der Waals surface area contributed by atoms with E-state index in [2.05, 4.69) is 12.2 Å². The molecule has 28 heavy (non-hydrogen) atoms. The average molecular weight is 376 g/mol. The van der Waals surface area contributed by atoms with Crippen molar-refractivity contribution in [3.63, 3.8) is 0 Å². The predicted octanol–water partition coefficient (Wildman–Crippen LogP) is 4.35. The molecule has 0 fully saturated rings. The molecule has 1 aliphatic heterocycles. The standard InChI is InChI=1S/C23H24N2O3/c1-15-8-4-7-11-19(15)25-23(26)18-10-6-5-9-17(18)22(24-25)16-12-13-20(27-2)21(14-16)28-3/h4-8,11-14,17-18H,9-10H2,1-3H3. The monoisotopic (exact) mass is 376 g/mol. The number of para-hydroxylation sites is 1. The zero-order chi connectivity index (χ0) is 19.7. The summed E-state index contributed by atoms with van der Waals surface area (Å²) < 4.78 is 10.8. The van der Waals surface area contributed by atoms with Crippen molar-refractivity contribution >= 4 is 17.3 Å². The van der Waals surface area contributed by atoms with Gasteiger partial charge in [-0.2, -0.15) is 10.1 Å². The summed E-state index contributed by atoms with van der Waals surface area (Å²) in [6, 6.07) is 13.7. The lowest BCUT2D eigenvalue weighted by atomic mass is 9.76. The zero-order valence-electron chi connectivity index (χ0n) is 16.4. The van der Waals surface area contributed by atoms with Crippen LogP contribution in [0.15, 0.2) is 59.7 Å². The van der Waals surface area contributed by atoms with Gasteiger partial charge in [0.05, 0.1) is 31.5 Å². The summed E-state index contributed by atoms with van der Waals surface area (Å²) in [5.74, 6) is 1.36. The number of fused-ring (bicyclic) bond motifs is 1. The molecule has 5 nitrogen and oxygen atoms in total. The molecule has 1 aliphatic carbocycles. The quantitative estimate of drug-likeness (QED) is 0.746. The van der Waals surface area contributed by atoms with E-state index in [-0.39, 0.29) is 17.7 Å². The van der Waals surface area contributed by atoms with Crippen LogP contribution in [0.2, 0.25) is 0 Å². The summed E-state index contributed by atoms with van der Waals surface area (Å²) in [4.78, 5) is 13.3. The second kappa shape index (κ2) is 7.50. The number of hydrogen-bond acceptors (Lipinski definition) is 4. The number of carbonyl (C=O) groups excluding carboxylic acids is 1. The van der Waals surface area contributed by atoms with Crippen LogP contribution in [0.3, 0.4) is 0 Å². The molecule has 0 spiro atoms. The molecular weight excluding hydrogens is 352 g/mol. The topological polar surface area (TPSA) is 51.1 Å². The molecule has 2 unspecified atom stereocenters. The number of benzene rings is 2. The minimum absolute atomic E-state index is 0.0628. The van der Waals surface area contributed by atoms with Crippen LogP contribution in [-0.2, 0) is 4.79 Å². The molecule has 0 radical (unpaired) electrons.